The second-order valence-corrected chi connectivity index (χ2v) is 2.62. The molecule has 0 saturated carbocycles. The summed E-state index contributed by atoms with van der Waals surface area (Å²) in [4.78, 5) is 21.5. The number of primary amides is 1. The first-order chi connectivity index (χ1) is 5.11. The predicted octanol–water partition coefficient (Wildman–Crippen LogP) is 0.867. The molecule has 64 valence electrons. The molecule has 0 spiro atoms. The minimum absolute atomic E-state index is 0.0162. The molecule has 0 aliphatic rings. The molecule has 0 saturated heterocycles. The molecule has 1 amide bonds. The first-order valence-corrected chi connectivity index (χ1v) is 3.92. The van der Waals surface area contributed by atoms with Crippen LogP contribution in [0.5, 0.6) is 0 Å². The van der Waals surface area contributed by atoms with Crippen molar-refractivity contribution in [2.45, 2.75) is 33.1 Å². The van der Waals surface area contributed by atoms with Crippen LogP contribution in [0.15, 0.2) is 0 Å². The molecule has 0 unspecified atom stereocenters. The molecule has 0 aromatic rings. The van der Waals surface area contributed by atoms with Crippen LogP contribution in [-0.4, -0.2) is 11.7 Å². The van der Waals surface area contributed by atoms with E-state index in [0.29, 0.717) is 0 Å². The number of rotatable bonds is 5. The Hall–Kier alpha value is -0.860. The zero-order chi connectivity index (χ0) is 8.85. The highest BCUT2D eigenvalue weighted by atomic mass is 16.2. The van der Waals surface area contributed by atoms with E-state index in [-0.39, 0.29) is 18.1 Å². The number of Topliss-reactive ketones (excluding diaryl/α,β-unsaturated/α-hetero) is 1. The highest BCUT2D eigenvalue weighted by Crippen LogP contribution is 2.10. The van der Waals surface area contributed by atoms with Gasteiger partial charge < -0.3 is 5.73 Å². The van der Waals surface area contributed by atoms with Gasteiger partial charge in [-0.15, -0.1) is 0 Å². The minimum atomic E-state index is -0.526. The zero-order valence-corrected chi connectivity index (χ0v) is 7.09. The molecule has 0 aliphatic carbocycles. The van der Waals surface area contributed by atoms with Crippen molar-refractivity contribution in [1.82, 2.24) is 0 Å². The van der Waals surface area contributed by atoms with Crippen LogP contribution in [0.2, 0.25) is 0 Å². The van der Waals surface area contributed by atoms with E-state index in [9.17, 15) is 9.59 Å². The third kappa shape index (κ3) is 3.75. The zero-order valence-electron chi connectivity index (χ0n) is 7.09. The van der Waals surface area contributed by atoms with E-state index in [1.54, 1.807) is 0 Å². The Balaban J connectivity index is 3.89. The van der Waals surface area contributed by atoms with E-state index < -0.39 is 5.91 Å². The van der Waals surface area contributed by atoms with Gasteiger partial charge in [-0.3, -0.25) is 9.59 Å². The molecule has 0 rings (SSSR count). The van der Waals surface area contributed by atoms with E-state index in [0.717, 1.165) is 12.8 Å². The summed E-state index contributed by atoms with van der Waals surface area (Å²) in [6, 6.07) is 0. The quantitative estimate of drug-likeness (QED) is 0.602. The number of nitrogens with two attached hydrogens (primary N) is 1. The van der Waals surface area contributed by atoms with Crippen LogP contribution in [0.4, 0.5) is 0 Å². The summed E-state index contributed by atoms with van der Waals surface area (Å²) in [6.07, 6.45) is 1.48. The van der Waals surface area contributed by atoms with Crippen molar-refractivity contribution in [2.24, 2.45) is 11.7 Å². The van der Waals surface area contributed by atoms with Crippen LogP contribution in [0.3, 0.4) is 0 Å². The first-order valence-electron chi connectivity index (χ1n) is 3.92. The molecule has 3 heteroatoms. The van der Waals surface area contributed by atoms with Crippen molar-refractivity contribution >= 4 is 11.7 Å². The van der Waals surface area contributed by atoms with E-state index in [1.807, 2.05) is 13.8 Å². The van der Waals surface area contributed by atoms with Gasteiger partial charge in [0.1, 0.15) is 5.78 Å². The molecule has 0 heterocycles. The Morgan fingerprint density at radius 3 is 2.00 bits per heavy atom. The summed E-state index contributed by atoms with van der Waals surface area (Å²) >= 11 is 0. The Kier molecular flexibility index (Phi) is 4.50. The van der Waals surface area contributed by atoms with Gasteiger partial charge in [0, 0.05) is 5.92 Å². The normalized spacial score (nSPS) is 10.1. The van der Waals surface area contributed by atoms with E-state index >= 15 is 0 Å². The average molecular weight is 157 g/mol. The molecule has 0 aromatic carbocycles. The van der Waals surface area contributed by atoms with Gasteiger partial charge in [0.05, 0.1) is 6.42 Å². The maximum atomic E-state index is 11.1. The van der Waals surface area contributed by atoms with Crippen LogP contribution in [0, 0.1) is 5.92 Å². The van der Waals surface area contributed by atoms with Gasteiger partial charge in [-0.1, -0.05) is 13.8 Å². The van der Waals surface area contributed by atoms with Crippen LogP contribution in [-0.2, 0) is 9.59 Å². The van der Waals surface area contributed by atoms with Crippen molar-refractivity contribution in [3.8, 4) is 0 Å². The maximum absolute atomic E-state index is 11.1. The topological polar surface area (TPSA) is 60.2 Å². The van der Waals surface area contributed by atoms with Crippen LogP contribution >= 0.6 is 0 Å². The molecule has 0 fully saturated rings. The molecule has 11 heavy (non-hydrogen) atoms. The molecular weight excluding hydrogens is 142 g/mol. The standard InChI is InChI=1S/C8H15NO2/c1-3-6(4-2)7(10)5-8(9)11/h6H,3-5H2,1-2H3,(H2,9,11). The fourth-order valence-corrected chi connectivity index (χ4v) is 1.06. The van der Waals surface area contributed by atoms with Gasteiger partial charge in [0.25, 0.3) is 0 Å². The highest BCUT2D eigenvalue weighted by molar-refractivity contribution is 5.98. The van der Waals surface area contributed by atoms with Gasteiger partial charge in [0.2, 0.25) is 5.91 Å². The lowest BCUT2D eigenvalue weighted by molar-refractivity contribution is -0.128. The van der Waals surface area contributed by atoms with Gasteiger partial charge >= 0.3 is 0 Å². The number of carbonyl (C=O) groups is 2. The lowest BCUT2D eigenvalue weighted by Gasteiger charge is -2.08. The summed E-state index contributed by atoms with van der Waals surface area (Å²) in [5.74, 6) is -0.535. The highest BCUT2D eigenvalue weighted by Gasteiger charge is 2.15. The molecule has 0 atom stereocenters. The van der Waals surface area contributed by atoms with Gasteiger partial charge in [-0.05, 0) is 12.8 Å². The lowest BCUT2D eigenvalue weighted by atomic mass is 9.96. The fraction of sp³-hybridized carbons (Fsp3) is 0.750. The number of ketones is 1. The summed E-state index contributed by atoms with van der Waals surface area (Å²) in [6.45, 7) is 3.88. The molecule has 0 radical (unpaired) electrons. The molecule has 0 bridgehead atoms. The Morgan fingerprint density at radius 2 is 1.73 bits per heavy atom. The maximum Gasteiger partial charge on any atom is 0.224 e. The Morgan fingerprint density at radius 1 is 1.27 bits per heavy atom. The average Bonchev–Trinajstić information content (AvgIpc) is 1.88. The number of hydrogen-bond acceptors (Lipinski definition) is 2. The Labute approximate surface area is 67.0 Å². The van der Waals surface area contributed by atoms with Crippen molar-refractivity contribution in [1.29, 1.82) is 0 Å². The fourth-order valence-electron chi connectivity index (χ4n) is 1.06. The Bertz CT molecular complexity index is 150. The molecule has 0 aliphatic heterocycles. The van der Waals surface area contributed by atoms with Gasteiger partial charge in [-0.2, -0.15) is 0 Å². The minimum Gasteiger partial charge on any atom is -0.369 e. The van der Waals surface area contributed by atoms with E-state index in [2.05, 4.69) is 0 Å². The summed E-state index contributed by atoms with van der Waals surface area (Å²) in [5, 5.41) is 0. The summed E-state index contributed by atoms with van der Waals surface area (Å²) < 4.78 is 0. The molecular formula is C8H15NO2. The molecule has 2 N–H and O–H groups in total. The third-order valence-electron chi connectivity index (χ3n) is 1.79. The van der Waals surface area contributed by atoms with Crippen LogP contribution in [0.1, 0.15) is 33.1 Å². The SMILES string of the molecule is CCC(CC)C(=O)CC(N)=O. The van der Waals surface area contributed by atoms with Crippen molar-refractivity contribution in [3.63, 3.8) is 0 Å². The first kappa shape index (κ1) is 10.1. The predicted molar refractivity (Wildman–Crippen MR) is 42.9 cm³/mol. The number of carbonyl (C=O) groups excluding carboxylic acids is 2. The smallest absolute Gasteiger partial charge is 0.224 e. The molecule has 0 aromatic heterocycles. The van der Waals surface area contributed by atoms with Gasteiger partial charge in [0.15, 0.2) is 0 Å². The van der Waals surface area contributed by atoms with E-state index in [1.165, 1.54) is 0 Å². The largest absolute Gasteiger partial charge is 0.369 e. The second kappa shape index (κ2) is 4.88. The van der Waals surface area contributed by atoms with Gasteiger partial charge in [-0.25, -0.2) is 0 Å². The summed E-state index contributed by atoms with van der Waals surface area (Å²) in [7, 11) is 0. The van der Waals surface area contributed by atoms with E-state index in [4.69, 9.17) is 5.73 Å². The number of amides is 1. The molecule has 3 nitrogen and oxygen atoms in total. The summed E-state index contributed by atoms with van der Waals surface area (Å²) in [5.41, 5.74) is 4.88. The van der Waals surface area contributed by atoms with Crippen molar-refractivity contribution in [3.05, 3.63) is 0 Å². The van der Waals surface area contributed by atoms with Crippen LogP contribution in [0.25, 0.3) is 0 Å². The third-order valence-corrected chi connectivity index (χ3v) is 1.79. The monoisotopic (exact) mass is 157 g/mol. The second-order valence-electron chi connectivity index (χ2n) is 2.62. The van der Waals surface area contributed by atoms with Crippen molar-refractivity contribution in [2.75, 3.05) is 0 Å². The van der Waals surface area contributed by atoms with Crippen molar-refractivity contribution < 1.29 is 9.59 Å². The number of hydrogen-bond donors (Lipinski definition) is 1. The van der Waals surface area contributed by atoms with Crippen LogP contribution < -0.4 is 5.73 Å². The lowest BCUT2D eigenvalue weighted by Crippen LogP contribution is -2.21.